The Kier molecular flexibility index (Phi) is 6.51. The number of hydrogen-bond acceptors (Lipinski definition) is 6. The first-order valence-corrected chi connectivity index (χ1v) is 12.0. The second kappa shape index (κ2) is 10.0. The summed E-state index contributed by atoms with van der Waals surface area (Å²) in [6, 6.07) is 18.6. The summed E-state index contributed by atoms with van der Waals surface area (Å²) in [7, 11) is 1.70. The van der Waals surface area contributed by atoms with Gasteiger partial charge < -0.3 is 19.3 Å². The Labute approximate surface area is 200 Å². The first-order valence-electron chi connectivity index (χ1n) is 12.0. The Morgan fingerprint density at radius 2 is 1.59 bits per heavy atom. The monoisotopic (exact) mass is 457 g/mol. The number of rotatable bonds is 8. The number of ether oxygens (including phenoxy) is 2. The largest absolute Gasteiger partial charge is 0.497 e. The van der Waals surface area contributed by atoms with Crippen LogP contribution in [-0.4, -0.2) is 54.5 Å². The molecule has 1 saturated heterocycles. The van der Waals surface area contributed by atoms with E-state index in [0.29, 0.717) is 0 Å². The molecular weight excluding hydrogens is 426 g/mol. The average molecular weight is 458 g/mol. The Morgan fingerprint density at radius 3 is 2.29 bits per heavy atom. The summed E-state index contributed by atoms with van der Waals surface area (Å²) in [5.41, 5.74) is 4.26. The van der Waals surface area contributed by atoms with E-state index in [4.69, 9.17) is 19.6 Å². The minimum absolute atomic E-state index is 0.755. The van der Waals surface area contributed by atoms with Crippen molar-refractivity contribution in [1.29, 1.82) is 0 Å². The van der Waals surface area contributed by atoms with E-state index in [1.54, 1.807) is 7.11 Å². The standard InChI is InChI=1S/C27H31N5O2/c1-3-4-19-34-24-9-5-21(6-10-24)25-20-26-27(28-13-14-32(26)29-25)31-17-15-30(16-18-31)22-7-11-23(33-2)12-8-22/h5-14,20H,3-4,15-19H2,1-2H3. The molecule has 5 rings (SSSR count). The number of hydrogen-bond donors (Lipinski definition) is 0. The van der Waals surface area contributed by atoms with Crippen molar-refractivity contribution in [3.8, 4) is 22.8 Å². The van der Waals surface area contributed by atoms with E-state index in [-0.39, 0.29) is 0 Å². The van der Waals surface area contributed by atoms with Crippen molar-refractivity contribution in [3.63, 3.8) is 0 Å². The van der Waals surface area contributed by atoms with Crippen LogP contribution in [-0.2, 0) is 0 Å². The van der Waals surface area contributed by atoms with Crippen LogP contribution in [0.15, 0.2) is 67.0 Å². The molecule has 4 aromatic rings. The van der Waals surface area contributed by atoms with E-state index < -0.39 is 0 Å². The van der Waals surface area contributed by atoms with E-state index in [2.05, 4.69) is 47.1 Å². The molecule has 0 aliphatic carbocycles. The number of piperazine rings is 1. The van der Waals surface area contributed by atoms with Crippen LogP contribution in [0.25, 0.3) is 16.8 Å². The number of nitrogens with zero attached hydrogens (tertiary/aromatic N) is 5. The number of benzene rings is 2. The second-order valence-electron chi connectivity index (χ2n) is 8.51. The molecule has 0 saturated carbocycles. The van der Waals surface area contributed by atoms with Crippen molar-refractivity contribution in [1.82, 2.24) is 14.6 Å². The molecule has 0 unspecified atom stereocenters. The van der Waals surface area contributed by atoms with Crippen LogP contribution in [0.3, 0.4) is 0 Å². The van der Waals surface area contributed by atoms with E-state index >= 15 is 0 Å². The van der Waals surface area contributed by atoms with Crippen LogP contribution >= 0.6 is 0 Å². The lowest BCUT2D eigenvalue weighted by Crippen LogP contribution is -2.47. The molecule has 7 heteroatoms. The Hall–Kier alpha value is -3.74. The fourth-order valence-corrected chi connectivity index (χ4v) is 4.32. The van der Waals surface area contributed by atoms with Crippen molar-refractivity contribution < 1.29 is 9.47 Å². The van der Waals surface area contributed by atoms with Gasteiger partial charge in [0.2, 0.25) is 0 Å². The lowest BCUT2D eigenvalue weighted by molar-refractivity contribution is 0.309. The zero-order chi connectivity index (χ0) is 23.3. The molecule has 7 nitrogen and oxygen atoms in total. The molecule has 176 valence electrons. The highest BCUT2D eigenvalue weighted by Crippen LogP contribution is 2.28. The van der Waals surface area contributed by atoms with Crippen LogP contribution in [0, 0.1) is 0 Å². The molecule has 34 heavy (non-hydrogen) atoms. The minimum Gasteiger partial charge on any atom is -0.497 e. The number of unbranched alkanes of at least 4 members (excludes halogenated alkanes) is 1. The van der Waals surface area contributed by atoms with Crippen LogP contribution in [0.5, 0.6) is 11.5 Å². The molecule has 1 aliphatic heterocycles. The highest BCUT2D eigenvalue weighted by molar-refractivity contribution is 5.75. The van der Waals surface area contributed by atoms with Crippen LogP contribution in [0.4, 0.5) is 11.5 Å². The van der Waals surface area contributed by atoms with E-state index in [9.17, 15) is 0 Å². The predicted molar refractivity (Wildman–Crippen MR) is 136 cm³/mol. The predicted octanol–water partition coefficient (Wildman–Crippen LogP) is 4.91. The van der Waals surface area contributed by atoms with Gasteiger partial charge >= 0.3 is 0 Å². The SMILES string of the molecule is CCCCOc1ccc(-c2cc3c(N4CCN(c5ccc(OC)cc5)CC4)nccn3n2)cc1. The average Bonchev–Trinajstić information content (AvgIpc) is 3.34. The van der Waals surface area contributed by atoms with Gasteiger partial charge in [-0.2, -0.15) is 5.10 Å². The first-order chi connectivity index (χ1) is 16.7. The third-order valence-electron chi connectivity index (χ3n) is 6.30. The number of fused-ring (bicyclic) bond motifs is 1. The third-order valence-corrected chi connectivity index (χ3v) is 6.30. The van der Waals surface area contributed by atoms with Gasteiger partial charge in [0.25, 0.3) is 0 Å². The highest BCUT2D eigenvalue weighted by Gasteiger charge is 2.21. The Bertz CT molecular complexity index is 1210. The summed E-state index contributed by atoms with van der Waals surface area (Å²) in [4.78, 5) is 9.48. The zero-order valence-electron chi connectivity index (χ0n) is 19.9. The Morgan fingerprint density at radius 1 is 0.882 bits per heavy atom. The first kappa shape index (κ1) is 22.1. The quantitative estimate of drug-likeness (QED) is 0.351. The van der Waals surface area contributed by atoms with Gasteiger partial charge in [0, 0.05) is 49.8 Å². The van der Waals surface area contributed by atoms with Gasteiger partial charge in [-0.1, -0.05) is 13.3 Å². The van der Waals surface area contributed by atoms with Crippen molar-refractivity contribution in [2.45, 2.75) is 19.8 Å². The zero-order valence-corrected chi connectivity index (χ0v) is 19.9. The minimum atomic E-state index is 0.755. The summed E-state index contributed by atoms with van der Waals surface area (Å²) in [6.45, 7) is 6.61. The molecule has 0 spiro atoms. The normalized spacial score (nSPS) is 13.9. The van der Waals surface area contributed by atoms with Gasteiger partial charge in [0.15, 0.2) is 5.82 Å². The molecule has 3 heterocycles. The van der Waals surface area contributed by atoms with E-state index in [1.165, 1.54) is 5.69 Å². The fourth-order valence-electron chi connectivity index (χ4n) is 4.32. The molecule has 0 amide bonds. The summed E-state index contributed by atoms with van der Waals surface area (Å²) in [5, 5.41) is 4.81. The summed E-state index contributed by atoms with van der Waals surface area (Å²) < 4.78 is 13.0. The summed E-state index contributed by atoms with van der Waals surface area (Å²) >= 11 is 0. The molecule has 0 atom stereocenters. The van der Waals surface area contributed by atoms with Crippen LogP contribution in [0.2, 0.25) is 0 Å². The van der Waals surface area contributed by atoms with Gasteiger partial charge in [0.05, 0.1) is 19.4 Å². The van der Waals surface area contributed by atoms with Crippen LogP contribution in [0.1, 0.15) is 19.8 Å². The number of methoxy groups -OCH3 is 1. The third kappa shape index (κ3) is 4.64. The topological polar surface area (TPSA) is 55.1 Å². The summed E-state index contributed by atoms with van der Waals surface area (Å²) in [6.07, 6.45) is 5.95. The van der Waals surface area contributed by atoms with Crippen molar-refractivity contribution in [2.75, 3.05) is 49.7 Å². The van der Waals surface area contributed by atoms with Gasteiger partial charge in [-0.15, -0.1) is 0 Å². The molecule has 0 bridgehead atoms. The van der Waals surface area contributed by atoms with Crippen LogP contribution < -0.4 is 19.3 Å². The van der Waals surface area contributed by atoms with Gasteiger partial charge in [-0.05, 0) is 61.0 Å². The number of anilines is 2. The van der Waals surface area contributed by atoms with Gasteiger partial charge in [0.1, 0.15) is 17.0 Å². The smallest absolute Gasteiger partial charge is 0.154 e. The van der Waals surface area contributed by atoms with Crippen molar-refractivity contribution in [3.05, 3.63) is 67.0 Å². The highest BCUT2D eigenvalue weighted by atomic mass is 16.5. The van der Waals surface area contributed by atoms with Crippen molar-refractivity contribution in [2.24, 2.45) is 0 Å². The molecule has 0 N–H and O–H groups in total. The molecule has 1 aliphatic rings. The maximum Gasteiger partial charge on any atom is 0.154 e. The van der Waals surface area contributed by atoms with E-state index in [0.717, 1.165) is 79.7 Å². The van der Waals surface area contributed by atoms with Crippen molar-refractivity contribution >= 4 is 17.0 Å². The van der Waals surface area contributed by atoms with Gasteiger partial charge in [-0.3, -0.25) is 0 Å². The molecule has 0 radical (unpaired) electrons. The maximum absolute atomic E-state index is 5.79. The maximum atomic E-state index is 5.79. The lowest BCUT2D eigenvalue weighted by atomic mass is 10.1. The molecule has 2 aromatic carbocycles. The second-order valence-corrected chi connectivity index (χ2v) is 8.51. The fraction of sp³-hybridized carbons (Fsp3) is 0.333. The molecular formula is C27H31N5O2. The van der Waals surface area contributed by atoms with E-state index in [1.807, 2.05) is 41.2 Å². The number of aromatic nitrogens is 3. The Balaban J connectivity index is 1.30. The molecule has 2 aromatic heterocycles. The molecule has 1 fully saturated rings. The summed E-state index contributed by atoms with van der Waals surface area (Å²) in [5.74, 6) is 2.77. The lowest BCUT2D eigenvalue weighted by Gasteiger charge is -2.36. The van der Waals surface area contributed by atoms with Gasteiger partial charge in [-0.25, -0.2) is 9.50 Å².